The normalized spacial score (nSPS) is 10.9. The summed E-state index contributed by atoms with van der Waals surface area (Å²) in [5.41, 5.74) is 2.08. The summed E-state index contributed by atoms with van der Waals surface area (Å²) < 4.78 is 26.2. The van der Waals surface area contributed by atoms with Crippen LogP contribution in [0.4, 0.5) is 4.39 Å². The first-order valence-corrected chi connectivity index (χ1v) is 8.62. The highest BCUT2D eigenvalue weighted by Gasteiger charge is 2.22. The molecule has 0 unspecified atom stereocenters. The van der Waals surface area contributed by atoms with Crippen LogP contribution in [0.3, 0.4) is 0 Å². The zero-order valence-electron chi connectivity index (χ0n) is 15.0. The van der Waals surface area contributed by atoms with E-state index < -0.39 is 11.8 Å². The molecule has 0 amide bonds. The van der Waals surface area contributed by atoms with Gasteiger partial charge in [-0.15, -0.1) is 0 Å². The number of rotatable bonds is 9. The number of esters is 1. The molecule has 0 saturated heterocycles. The van der Waals surface area contributed by atoms with Crippen LogP contribution in [0.2, 0.25) is 0 Å². The Morgan fingerprint density at radius 2 is 2.04 bits per heavy atom. The SMILES string of the molecule is CCCCOCc1cccc(Cn2nc(C(=O)OCC)c(F)c2C)c1. The number of hydrogen-bond donors (Lipinski definition) is 0. The van der Waals surface area contributed by atoms with Gasteiger partial charge in [-0.3, -0.25) is 4.68 Å². The lowest BCUT2D eigenvalue weighted by atomic mass is 10.1. The molecule has 0 aliphatic heterocycles. The van der Waals surface area contributed by atoms with Crippen LogP contribution in [0.25, 0.3) is 0 Å². The van der Waals surface area contributed by atoms with Crippen molar-refractivity contribution in [2.45, 2.75) is 46.8 Å². The predicted molar refractivity (Wildman–Crippen MR) is 93.0 cm³/mol. The van der Waals surface area contributed by atoms with Gasteiger partial charge in [0.2, 0.25) is 5.69 Å². The minimum absolute atomic E-state index is 0.185. The highest BCUT2D eigenvalue weighted by molar-refractivity contribution is 5.87. The third kappa shape index (κ3) is 5.13. The lowest BCUT2D eigenvalue weighted by Gasteiger charge is -2.08. The van der Waals surface area contributed by atoms with Gasteiger partial charge in [0.25, 0.3) is 0 Å². The highest BCUT2D eigenvalue weighted by Crippen LogP contribution is 2.15. The Labute approximate surface area is 147 Å². The summed E-state index contributed by atoms with van der Waals surface area (Å²) in [5.74, 6) is -1.36. The van der Waals surface area contributed by atoms with E-state index in [1.807, 2.05) is 24.3 Å². The van der Waals surface area contributed by atoms with Crippen molar-refractivity contribution in [1.82, 2.24) is 9.78 Å². The van der Waals surface area contributed by atoms with Gasteiger partial charge >= 0.3 is 5.97 Å². The van der Waals surface area contributed by atoms with Crippen LogP contribution in [0.5, 0.6) is 0 Å². The van der Waals surface area contributed by atoms with E-state index in [1.54, 1.807) is 13.8 Å². The summed E-state index contributed by atoms with van der Waals surface area (Å²) in [6, 6.07) is 7.89. The van der Waals surface area contributed by atoms with Gasteiger partial charge in [0, 0.05) is 6.61 Å². The van der Waals surface area contributed by atoms with Gasteiger partial charge in [0.05, 0.1) is 25.5 Å². The second-order valence-corrected chi connectivity index (χ2v) is 5.85. The number of ether oxygens (including phenoxy) is 2. The number of aromatic nitrogens is 2. The topological polar surface area (TPSA) is 53.4 Å². The third-order valence-electron chi connectivity index (χ3n) is 3.84. The van der Waals surface area contributed by atoms with Crippen molar-refractivity contribution in [3.8, 4) is 0 Å². The number of nitrogens with zero attached hydrogens (tertiary/aromatic N) is 2. The molecule has 0 aliphatic carbocycles. The summed E-state index contributed by atoms with van der Waals surface area (Å²) in [6.45, 7) is 7.26. The zero-order chi connectivity index (χ0) is 18.2. The lowest BCUT2D eigenvalue weighted by molar-refractivity contribution is 0.0513. The van der Waals surface area contributed by atoms with E-state index in [1.165, 1.54) is 4.68 Å². The molecule has 0 saturated carbocycles. The Hall–Kier alpha value is -2.21. The molecule has 0 atom stereocenters. The Morgan fingerprint density at radius 1 is 1.28 bits per heavy atom. The Kier molecular flexibility index (Phi) is 7.13. The van der Waals surface area contributed by atoms with E-state index in [9.17, 15) is 9.18 Å². The van der Waals surface area contributed by atoms with Crippen LogP contribution >= 0.6 is 0 Å². The largest absolute Gasteiger partial charge is 0.461 e. The van der Waals surface area contributed by atoms with Gasteiger partial charge in [-0.25, -0.2) is 9.18 Å². The van der Waals surface area contributed by atoms with Crippen molar-refractivity contribution in [3.05, 3.63) is 52.6 Å². The van der Waals surface area contributed by atoms with Crippen molar-refractivity contribution in [1.29, 1.82) is 0 Å². The summed E-state index contributed by atoms with van der Waals surface area (Å²) in [4.78, 5) is 11.8. The Morgan fingerprint density at radius 3 is 2.76 bits per heavy atom. The van der Waals surface area contributed by atoms with Gasteiger partial charge in [0.1, 0.15) is 0 Å². The van der Waals surface area contributed by atoms with Gasteiger partial charge < -0.3 is 9.47 Å². The van der Waals surface area contributed by atoms with Gasteiger partial charge in [0.15, 0.2) is 5.82 Å². The highest BCUT2D eigenvalue weighted by atomic mass is 19.1. The molecular weight excluding hydrogens is 323 g/mol. The minimum Gasteiger partial charge on any atom is -0.461 e. The monoisotopic (exact) mass is 348 g/mol. The van der Waals surface area contributed by atoms with Crippen molar-refractivity contribution in [3.63, 3.8) is 0 Å². The van der Waals surface area contributed by atoms with E-state index in [-0.39, 0.29) is 12.3 Å². The third-order valence-corrected chi connectivity index (χ3v) is 3.84. The van der Waals surface area contributed by atoms with E-state index in [0.717, 1.165) is 30.6 Å². The van der Waals surface area contributed by atoms with Crippen LogP contribution in [-0.4, -0.2) is 29.0 Å². The van der Waals surface area contributed by atoms with E-state index in [4.69, 9.17) is 9.47 Å². The smallest absolute Gasteiger partial charge is 0.361 e. The molecule has 0 fully saturated rings. The summed E-state index contributed by atoms with van der Waals surface area (Å²) in [6.07, 6.45) is 2.15. The number of carbonyl (C=O) groups excluding carboxylic acids is 1. The fraction of sp³-hybridized carbons (Fsp3) is 0.474. The Balaban J connectivity index is 2.09. The summed E-state index contributed by atoms with van der Waals surface area (Å²) >= 11 is 0. The second-order valence-electron chi connectivity index (χ2n) is 5.85. The average molecular weight is 348 g/mol. The van der Waals surface area contributed by atoms with Crippen LogP contribution in [0.15, 0.2) is 24.3 Å². The number of hydrogen-bond acceptors (Lipinski definition) is 4. The van der Waals surface area contributed by atoms with Crippen LogP contribution in [0.1, 0.15) is 54.0 Å². The fourth-order valence-corrected chi connectivity index (χ4v) is 2.44. The number of carbonyl (C=O) groups is 1. The molecule has 5 nitrogen and oxygen atoms in total. The molecule has 1 aromatic heterocycles. The first-order valence-electron chi connectivity index (χ1n) is 8.62. The van der Waals surface area contributed by atoms with Crippen molar-refractivity contribution in [2.24, 2.45) is 0 Å². The number of unbranched alkanes of at least 4 members (excludes halogenated alkanes) is 1. The maximum Gasteiger partial charge on any atom is 0.361 e. The Bertz CT molecular complexity index is 713. The zero-order valence-corrected chi connectivity index (χ0v) is 15.0. The van der Waals surface area contributed by atoms with Crippen molar-refractivity contribution >= 4 is 5.97 Å². The summed E-state index contributed by atoms with van der Waals surface area (Å²) in [5, 5.41) is 4.08. The molecule has 0 spiro atoms. The molecule has 1 aromatic carbocycles. The fourth-order valence-electron chi connectivity index (χ4n) is 2.44. The molecule has 0 radical (unpaired) electrons. The molecule has 2 rings (SSSR count). The molecule has 0 aliphatic rings. The van der Waals surface area contributed by atoms with Crippen LogP contribution in [0, 0.1) is 12.7 Å². The van der Waals surface area contributed by atoms with Gasteiger partial charge in [-0.05, 0) is 31.4 Å². The molecule has 6 heteroatoms. The lowest BCUT2D eigenvalue weighted by Crippen LogP contribution is -2.09. The first-order chi connectivity index (χ1) is 12.1. The number of benzene rings is 1. The molecule has 136 valence electrons. The molecule has 0 bridgehead atoms. The van der Waals surface area contributed by atoms with Gasteiger partial charge in [-0.1, -0.05) is 37.6 Å². The number of halogens is 1. The maximum atomic E-state index is 14.2. The average Bonchev–Trinajstić information content (AvgIpc) is 2.88. The van der Waals surface area contributed by atoms with E-state index in [0.29, 0.717) is 18.8 Å². The first kappa shape index (κ1) is 19.1. The molecule has 2 aromatic rings. The maximum absolute atomic E-state index is 14.2. The van der Waals surface area contributed by atoms with Crippen molar-refractivity contribution < 1.29 is 18.7 Å². The predicted octanol–water partition coefficient (Wildman–Crippen LogP) is 3.87. The van der Waals surface area contributed by atoms with Crippen molar-refractivity contribution in [2.75, 3.05) is 13.2 Å². The van der Waals surface area contributed by atoms with Crippen LogP contribution in [-0.2, 0) is 22.6 Å². The standard InChI is InChI=1S/C19H25FN2O3/c1-4-6-10-24-13-16-9-7-8-15(11-16)12-22-14(3)17(20)18(21-22)19(23)25-5-2/h7-9,11H,4-6,10,12-13H2,1-3H3. The second kappa shape index (κ2) is 9.32. The van der Waals surface area contributed by atoms with Gasteiger partial charge in [-0.2, -0.15) is 5.10 Å². The van der Waals surface area contributed by atoms with Crippen LogP contribution < -0.4 is 0 Å². The molecule has 25 heavy (non-hydrogen) atoms. The van der Waals surface area contributed by atoms with E-state index >= 15 is 0 Å². The summed E-state index contributed by atoms with van der Waals surface area (Å²) in [7, 11) is 0. The molecular formula is C19H25FN2O3. The molecule has 1 heterocycles. The quantitative estimate of drug-likeness (QED) is 0.510. The van der Waals surface area contributed by atoms with E-state index in [2.05, 4.69) is 12.0 Å². The minimum atomic E-state index is -0.736. The molecule has 0 N–H and O–H groups in total.